The summed E-state index contributed by atoms with van der Waals surface area (Å²) in [6.07, 6.45) is 3.08. The Kier molecular flexibility index (Phi) is 4.07. The van der Waals surface area contributed by atoms with Gasteiger partial charge in [0.25, 0.3) is 0 Å². The molecule has 1 fully saturated rings. The van der Waals surface area contributed by atoms with E-state index in [0.29, 0.717) is 6.42 Å². The van der Waals surface area contributed by atoms with Gasteiger partial charge in [0.05, 0.1) is 6.10 Å². The molecule has 1 saturated heterocycles. The van der Waals surface area contributed by atoms with Crippen LogP contribution in [-0.4, -0.2) is 36.5 Å². The Balaban J connectivity index is 2.40. The van der Waals surface area contributed by atoms with Crippen LogP contribution >= 0.6 is 0 Å². The molecule has 2 rings (SSSR count). The Labute approximate surface area is 113 Å². The van der Waals surface area contributed by atoms with Gasteiger partial charge < -0.3 is 5.11 Å². The minimum Gasteiger partial charge on any atom is -0.392 e. The Bertz CT molecular complexity index is 547. The van der Waals surface area contributed by atoms with Gasteiger partial charge >= 0.3 is 15.0 Å². The van der Waals surface area contributed by atoms with E-state index in [1.54, 1.807) is 12.1 Å². The summed E-state index contributed by atoms with van der Waals surface area (Å²) in [5, 5.41) is 9.85. The van der Waals surface area contributed by atoms with Crippen molar-refractivity contribution in [2.75, 3.05) is 12.4 Å². The zero-order valence-electron chi connectivity index (χ0n) is 10.9. The summed E-state index contributed by atoms with van der Waals surface area (Å²) >= 11 is 0. The van der Waals surface area contributed by atoms with Crippen molar-refractivity contribution in [1.29, 1.82) is 0 Å². The lowest BCUT2D eigenvalue weighted by Gasteiger charge is -2.25. The zero-order chi connectivity index (χ0) is 14.0. The van der Waals surface area contributed by atoms with Crippen LogP contribution in [0.2, 0.25) is 0 Å². The number of hydrogen-bond acceptors (Lipinski definition) is 4. The number of pyridine rings is 1. The van der Waals surface area contributed by atoms with Crippen molar-refractivity contribution < 1.29 is 18.2 Å². The summed E-state index contributed by atoms with van der Waals surface area (Å²) in [6, 6.07) is 4.64. The maximum atomic E-state index is 12.6. The molecule has 0 spiro atoms. The fourth-order valence-electron chi connectivity index (χ4n) is 2.39. The van der Waals surface area contributed by atoms with Gasteiger partial charge in [-0.05, 0) is 32.3 Å². The molecule has 2 atom stereocenters. The van der Waals surface area contributed by atoms with Gasteiger partial charge in [-0.2, -0.15) is 4.31 Å². The van der Waals surface area contributed by atoms with Crippen LogP contribution in [-0.2, 0) is 10.0 Å². The molecule has 0 amide bonds. The van der Waals surface area contributed by atoms with E-state index < -0.39 is 16.1 Å². The maximum Gasteiger partial charge on any atom is 0.340 e. The molecule has 0 bridgehead atoms. The summed E-state index contributed by atoms with van der Waals surface area (Å²) in [5.41, 5.74) is 0. The van der Waals surface area contributed by atoms with E-state index in [0.717, 1.165) is 17.5 Å². The number of hydrogen-bond donors (Lipinski definition) is 2. The fraction of sp³-hybridized carbons (Fsp3) is 0.583. The second kappa shape index (κ2) is 5.44. The molecule has 0 saturated carbocycles. The number of nitrogens with two attached hydrogens (primary N) is 1. The first kappa shape index (κ1) is 14.2. The van der Waals surface area contributed by atoms with E-state index in [-0.39, 0.29) is 17.6 Å². The number of sulfonamides is 1. The van der Waals surface area contributed by atoms with Crippen molar-refractivity contribution in [3.8, 4) is 0 Å². The average Bonchev–Trinajstić information content (AvgIpc) is 2.52. The number of aliphatic hydroxyl groups excluding tert-OH is 1. The largest absolute Gasteiger partial charge is 0.392 e. The molecule has 3 N–H and O–H groups in total. The predicted octanol–water partition coefficient (Wildman–Crippen LogP) is -0.388. The Morgan fingerprint density at radius 3 is 2.84 bits per heavy atom. The van der Waals surface area contributed by atoms with Gasteiger partial charge in [-0.15, -0.1) is 0 Å². The summed E-state index contributed by atoms with van der Waals surface area (Å²) in [6.45, 7) is 1.98. The molecule has 6 nitrogen and oxygen atoms in total. The van der Waals surface area contributed by atoms with E-state index in [2.05, 4.69) is 0 Å². The third kappa shape index (κ3) is 2.88. The number of rotatable bonds is 2. The molecule has 0 unspecified atom stereocenters. The zero-order valence-corrected chi connectivity index (χ0v) is 11.8. The molecule has 106 valence electrons. The van der Waals surface area contributed by atoms with Crippen LogP contribution in [0.1, 0.15) is 26.2 Å². The molecule has 1 aliphatic rings. The molecule has 0 aromatic carbocycles. The van der Waals surface area contributed by atoms with E-state index in [4.69, 9.17) is 5.84 Å². The standard InChI is InChI=1S/C12H20N3O3S/c1-10-5-4-6-11(16)9-15(10)19(17,18)12-7-2-3-8-14(12)13/h2-3,7-8,10-11,16H,4-6,9,13H2,1H3/q+1/t10-,11+/m1/s1. The topological polar surface area (TPSA) is 87.5 Å². The van der Waals surface area contributed by atoms with Crippen LogP contribution < -0.4 is 10.5 Å². The van der Waals surface area contributed by atoms with Gasteiger partial charge in [0.15, 0.2) is 0 Å². The highest BCUT2D eigenvalue weighted by Gasteiger charge is 2.37. The normalized spacial score (nSPS) is 26.0. The van der Waals surface area contributed by atoms with E-state index in [9.17, 15) is 13.5 Å². The predicted molar refractivity (Wildman–Crippen MR) is 70.0 cm³/mol. The minimum absolute atomic E-state index is 0.0379. The third-order valence-corrected chi connectivity index (χ3v) is 5.47. The Morgan fingerprint density at radius 1 is 1.42 bits per heavy atom. The lowest BCUT2D eigenvalue weighted by Crippen LogP contribution is -2.53. The molecule has 0 aliphatic carbocycles. The van der Waals surface area contributed by atoms with Gasteiger partial charge in [-0.25, -0.2) is 14.3 Å². The molecule has 1 aliphatic heterocycles. The molecule has 19 heavy (non-hydrogen) atoms. The summed E-state index contributed by atoms with van der Waals surface area (Å²) in [5.74, 6) is 5.68. The Morgan fingerprint density at radius 2 is 2.16 bits per heavy atom. The van der Waals surface area contributed by atoms with E-state index in [1.807, 2.05) is 6.92 Å². The van der Waals surface area contributed by atoms with Crippen LogP contribution in [0.25, 0.3) is 0 Å². The van der Waals surface area contributed by atoms with Gasteiger partial charge in [0.1, 0.15) is 0 Å². The highest BCUT2D eigenvalue weighted by atomic mass is 32.2. The quantitative estimate of drug-likeness (QED) is 0.573. The van der Waals surface area contributed by atoms with E-state index >= 15 is 0 Å². The molecule has 7 heteroatoms. The van der Waals surface area contributed by atoms with Crippen LogP contribution in [0, 0.1) is 0 Å². The summed E-state index contributed by atoms with van der Waals surface area (Å²) < 4.78 is 27.7. The fourth-order valence-corrected chi connectivity index (χ4v) is 4.15. The maximum absolute atomic E-state index is 12.6. The first-order chi connectivity index (χ1) is 8.93. The first-order valence-electron chi connectivity index (χ1n) is 6.38. The first-order valence-corrected chi connectivity index (χ1v) is 7.82. The molecular weight excluding hydrogens is 266 g/mol. The number of aromatic nitrogens is 1. The smallest absolute Gasteiger partial charge is 0.340 e. The van der Waals surface area contributed by atoms with Crippen LogP contribution in [0.4, 0.5) is 0 Å². The lowest BCUT2D eigenvalue weighted by molar-refractivity contribution is -0.678. The van der Waals surface area contributed by atoms with Crippen molar-refractivity contribution in [3.63, 3.8) is 0 Å². The van der Waals surface area contributed by atoms with E-state index in [1.165, 1.54) is 16.6 Å². The number of nitrogen functional groups attached to an aromatic ring is 1. The second-order valence-corrected chi connectivity index (χ2v) is 6.79. The van der Waals surface area contributed by atoms with Crippen molar-refractivity contribution in [3.05, 3.63) is 24.4 Å². The van der Waals surface area contributed by atoms with Gasteiger partial charge in [0.2, 0.25) is 6.20 Å². The average molecular weight is 286 g/mol. The van der Waals surface area contributed by atoms with Crippen LogP contribution in [0.15, 0.2) is 29.4 Å². The second-order valence-electron chi connectivity index (χ2n) is 4.95. The highest BCUT2D eigenvalue weighted by molar-refractivity contribution is 7.89. The summed E-state index contributed by atoms with van der Waals surface area (Å²) in [4.78, 5) is 0. The lowest BCUT2D eigenvalue weighted by atomic mass is 10.1. The number of nitrogens with zero attached hydrogens (tertiary/aromatic N) is 2. The van der Waals surface area contributed by atoms with Crippen molar-refractivity contribution in [2.45, 2.75) is 43.4 Å². The van der Waals surface area contributed by atoms with Crippen LogP contribution in [0.5, 0.6) is 0 Å². The third-order valence-electron chi connectivity index (χ3n) is 3.47. The number of β-amino-alcohol motifs (C(OH)–C–C–N with tert-alkyl or cyclic N) is 1. The molecular formula is C12H20N3O3S+. The monoisotopic (exact) mass is 286 g/mol. The molecule has 2 heterocycles. The SMILES string of the molecule is C[C@@H]1CCC[C@H](O)CN1S(=O)(=O)c1cccc[n+]1N. The van der Waals surface area contributed by atoms with Crippen molar-refractivity contribution in [2.24, 2.45) is 0 Å². The molecule has 1 aromatic heterocycles. The molecule has 1 aromatic rings. The van der Waals surface area contributed by atoms with Crippen molar-refractivity contribution >= 4 is 10.0 Å². The van der Waals surface area contributed by atoms with Crippen molar-refractivity contribution in [1.82, 2.24) is 4.31 Å². The molecule has 0 radical (unpaired) electrons. The van der Waals surface area contributed by atoms with Gasteiger partial charge in [-0.3, -0.25) is 0 Å². The van der Waals surface area contributed by atoms with Gasteiger partial charge in [-0.1, -0.05) is 4.68 Å². The summed E-state index contributed by atoms with van der Waals surface area (Å²) in [7, 11) is -3.69. The van der Waals surface area contributed by atoms with Crippen LogP contribution in [0.3, 0.4) is 0 Å². The number of aliphatic hydroxyl groups is 1. The van der Waals surface area contributed by atoms with Gasteiger partial charge in [0, 0.05) is 24.7 Å². The highest BCUT2D eigenvalue weighted by Crippen LogP contribution is 2.22. The Hall–Kier alpha value is -1.18. The minimum atomic E-state index is -3.69.